The van der Waals surface area contributed by atoms with Crippen molar-refractivity contribution in [2.24, 2.45) is 4.99 Å². The molecule has 1 atom stereocenters. The predicted octanol–water partition coefficient (Wildman–Crippen LogP) is 1.34. The first kappa shape index (κ1) is 15.6. The van der Waals surface area contributed by atoms with Gasteiger partial charge in [-0.25, -0.2) is 9.67 Å². The van der Waals surface area contributed by atoms with Gasteiger partial charge in [-0.05, 0) is 25.1 Å². The van der Waals surface area contributed by atoms with Crippen LogP contribution >= 0.6 is 0 Å². The second kappa shape index (κ2) is 6.86. The van der Waals surface area contributed by atoms with Crippen LogP contribution in [0.1, 0.15) is 13.2 Å². The third-order valence-electron chi connectivity index (χ3n) is 3.51. The summed E-state index contributed by atoms with van der Waals surface area (Å²) in [5.74, 6) is -0.694. The lowest BCUT2D eigenvalue weighted by Crippen LogP contribution is -2.44. The van der Waals surface area contributed by atoms with Crippen molar-refractivity contribution >= 4 is 17.8 Å². The summed E-state index contributed by atoms with van der Waals surface area (Å²) >= 11 is 0. The number of rotatable bonds is 5. The Labute approximate surface area is 139 Å². The number of hydrogen-bond donors (Lipinski definition) is 3. The van der Waals surface area contributed by atoms with Crippen molar-refractivity contribution in [3.63, 3.8) is 0 Å². The van der Waals surface area contributed by atoms with Gasteiger partial charge in [0, 0.05) is 25.2 Å². The van der Waals surface area contributed by atoms with Gasteiger partial charge in [-0.2, -0.15) is 5.10 Å². The monoisotopic (exact) mass is 326 g/mol. The van der Waals surface area contributed by atoms with E-state index < -0.39 is 12.2 Å². The fraction of sp³-hybridized carbons (Fsp3) is 0.188. The van der Waals surface area contributed by atoms with Crippen molar-refractivity contribution < 1.29 is 9.90 Å². The molecule has 1 aliphatic heterocycles. The maximum absolute atomic E-state index is 12.4. The van der Waals surface area contributed by atoms with Gasteiger partial charge in [-0.15, -0.1) is 0 Å². The molecule has 1 aromatic carbocycles. The molecule has 0 saturated carbocycles. The SMILES string of the molecule is CCN(NC(=O)C1=C(O)NC(n2cccn2)N=C1)c1ccccc1. The maximum Gasteiger partial charge on any atom is 0.276 e. The van der Waals surface area contributed by atoms with Crippen LogP contribution in [0.5, 0.6) is 0 Å². The molecule has 3 rings (SSSR count). The van der Waals surface area contributed by atoms with E-state index in [1.54, 1.807) is 23.5 Å². The Morgan fingerprint density at radius 3 is 2.79 bits per heavy atom. The first-order valence-electron chi connectivity index (χ1n) is 7.54. The van der Waals surface area contributed by atoms with E-state index in [1.165, 1.54) is 10.9 Å². The molecule has 0 bridgehead atoms. The molecule has 24 heavy (non-hydrogen) atoms. The highest BCUT2D eigenvalue weighted by Gasteiger charge is 2.23. The predicted molar refractivity (Wildman–Crippen MR) is 90.2 cm³/mol. The van der Waals surface area contributed by atoms with E-state index in [4.69, 9.17) is 0 Å². The van der Waals surface area contributed by atoms with Crippen LogP contribution in [0.3, 0.4) is 0 Å². The highest BCUT2D eigenvalue weighted by atomic mass is 16.3. The van der Waals surface area contributed by atoms with E-state index in [-0.39, 0.29) is 11.5 Å². The summed E-state index contributed by atoms with van der Waals surface area (Å²) in [6, 6.07) is 11.2. The Bertz CT molecular complexity index is 754. The molecule has 1 unspecified atom stereocenters. The van der Waals surface area contributed by atoms with Crippen LogP contribution in [-0.2, 0) is 4.79 Å². The van der Waals surface area contributed by atoms with Crippen LogP contribution in [0.4, 0.5) is 5.69 Å². The van der Waals surface area contributed by atoms with Gasteiger partial charge in [0.2, 0.25) is 12.2 Å². The van der Waals surface area contributed by atoms with Crippen molar-refractivity contribution in [2.45, 2.75) is 13.2 Å². The molecule has 1 aromatic heterocycles. The largest absolute Gasteiger partial charge is 0.494 e. The number of anilines is 1. The minimum Gasteiger partial charge on any atom is -0.494 e. The average Bonchev–Trinajstić information content (AvgIpc) is 3.14. The summed E-state index contributed by atoms with van der Waals surface area (Å²) in [6.07, 6.45) is 4.08. The number of hydrazine groups is 1. The van der Waals surface area contributed by atoms with Crippen LogP contribution < -0.4 is 15.8 Å². The zero-order valence-corrected chi connectivity index (χ0v) is 13.1. The number of nitrogens with one attached hydrogen (secondary N) is 2. The van der Waals surface area contributed by atoms with Gasteiger partial charge in [0.15, 0.2) is 0 Å². The number of aliphatic hydroxyl groups is 1. The molecule has 2 aromatic rings. The molecule has 3 N–H and O–H groups in total. The van der Waals surface area contributed by atoms with Crippen LogP contribution in [0.2, 0.25) is 0 Å². The van der Waals surface area contributed by atoms with Gasteiger partial charge < -0.3 is 10.4 Å². The first-order valence-corrected chi connectivity index (χ1v) is 7.54. The smallest absolute Gasteiger partial charge is 0.276 e. The molecule has 1 aliphatic rings. The molecule has 8 heteroatoms. The number of aliphatic hydroxyl groups excluding tert-OH is 1. The maximum atomic E-state index is 12.4. The van der Waals surface area contributed by atoms with Crippen LogP contribution in [0, 0.1) is 0 Å². The van der Waals surface area contributed by atoms with Gasteiger partial charge in [-0.1, -0.05) is 18.2 Å². The van der Waals surface area contributed by atoms with Gasteiger partial charge in [0.25, 0.3) is 5.91 Å². The highest BCUT2D eigenvalue weighted by molar-refractivity contribution is 6.13. The fourth-order valence-electron chi connectivity index (χ4n) is 2.29. The lowest BCUT2D eigenvalue weighted by molar-refractivity contribution is -0.117. The standard InChI is InChI=1S/C16H18N6O2/c1-2-21(12-7-4-3-5-8-12)20-15(24)13-11-17-16(19-14(13)23)22-10-6-9-18-22/h3-11,16,19,23H,2H2,1H3,(H,20,24). The molecular weight excluding hydrogens is 308 g/mol. The average molecular weight is 326 g/mol. The summed E-state index contributed by atoms with van der Waals surface area (Å²) in [5.41, 5.74) is 3.67. The fourth-order valence-corrected chi connectivity index (χ4v) is 2.29. The van der Waals surface area contributed by atoms with E-state index in [0.717, 1.165) is 5.69 Å². The minimum absolute atomic E-state index is 0.0628. The quantitative estimate of drug-likeness (QED) is 0.721. The lowest BCUT2D eigenvalue weighted by Gasteiger charge is -2.25. The molecule has 0 saturated heterocycles. The summed E-state index contributed by atoms with van der Waals surface area (Å²) < 4.78 is 1.53. The zero-order valence-electron chi connectivity index (χ0n) is 13.1. The van der Waals surface area contributed by atoms with Crippen molar-refractivity contribution in [1.29, 1.82) is 0 Å². The topological polar surface area (TPSA) is 94.8 Å². The summed E-state index contributed by atoms with van der Waals surface area (Å²) in [7, 11) is 0. The normalized spacial score (nSPS) is 16.6. The van der Waals surface area contributed by atoms with Gasteiger partial charge >= 0.3 is 0 Å². The minimum atomic E-state index is -0.576. The number of aromatic nitrogens is 2. The summed E-state index contributed by atoms with van der Waals surface area (Å²) in [5, 5.41) is 18.6. The van der Waals surface area contributed by atoms with Crippen LogP contribution in [0.25, 0.3) is 0 Å². The Morgan fingerprint density at radius 2 is 2.17 bits per heavy atom. The molecule has 0 radical (unpaired) electrons. The van der Waals surface area contributed by atoms with Gasteiger partial charge in [0.1, 0.15) is 5.57 Å². The second-order valence-corrected chi connectivity index (χ2v) is 5.07. The Kier molecular flexibility index (Phi) is 4.46. The number of amides is 1. The molecule has 0 fully saturated rings. The Balaban J connectivity index is 1.71. The van der Waals surface area contributed by atoms with Crippen molar-refractivity contribution in [2.75, 3.05) is 11.6 Å². The van der Waals surface area contributed by atoms with E-state index in [1.807, 2.05) is 37.3 Å². The molecular formula is C16H18N6O2. The second-order valence-electron chi connectivity index (χ2n) is 5.07. The van der Waals surface area contributed by atoms with E-state index in [0.29, 0.717) is 6.54 Å². The molecule has 0 aliphatic carbocycles. The number of carbonyl (C=O) groups is 1. The van der Waals surface area contributed by atoms with Gasteiger partial charge in [0.05, 0.1) is 5.69 Å². The Morgan fingerprint density at radius 1 is 1.38 bits per heavy atom. The van der Waals surface area contributed by atoms with Crippen LogP contribution in [-0.4, -0.2) is 33.6 Å². The Hall–Kier alpha value is -3.29. The molecule has 124 valence electrons. The first-order chi connectivity index (χ1) is 11.7. The lowest BCUT2D eigenvalue weighted by atomic mass is 10.2. The number of carbonyl (C=O) groups excluding carboxylic acids is 1. The van der Waals surface area contributed by atoms with E-state index in [2.05, 4.69) is 20.8 Å². The van der Waals surface area contributed by atoms with E-state index in [9.17, 15) is 9.90 Å². The van der Waals surface area contributed by atoms with Crippen molar-refractivity contribution in [3.8, 4) is 0 Å². The molecule has 2 heterocycles. The summed E-state index contributed by atoms with van der Waals surface area (Å²) in [6.45, 7) is 2.49. The summed E-state index contributed by atoms with van der Waals surface area (Å²) in [4.78, 5) is 16.6. The third kappa shape index (κ3) is 3.22. The number of benzene rings is 1. The zero-order chi connectivity index (χ0) is 16.9. The third-order valence-corrected chi connectivity index (χ3v) is 3.51. The van der Waals surface area contributed by atoms with Crippen LogP contribution in [0.15, 0.2) is 65.2 Å². The number of para-hydroxylation sites is 1. The van der Waals surface area contributed by atoms with E-state index >= 15 is 0 Å². The van der Waals surface area contributed by atoms with Gasteiger partial charge in [-0.3, -0.25) is 15.2 Å². The van der Waals surface area contributed by atoms with Crippen molar-refractivity contribution in [1.82, 2.24) is 20.5 Å². The molecule has 8 nitrogen and oxygen atoms in total. The number of aliphatic imine (C=N–C) groups is 1. The molecule has 1 amide bonds. The number of hydrogen-bond acceptors (Lipinski definition) is 6. The van der Waals surface area contributed by atoms with Crippen molar-refractivity contribution in [3.05, 3.63) is 60.2 Å². The molecule has 0 spiro atoms. The highest BCUT2D eigenvalue weighted by Crippen LogP contribution is 2.14. The number of nitrogens with zero attached hydrogens (tertiary/aromatic N) is 4.